The summed E-state index contributed by atoms with van der Waals surface area (Å²) in [7, 11) is -4.21. The van der Waals surface area contributed by atoms with E-state index in [0.717, 1.165) is 19.3 Å². The first kappa shape index (κ1) is 15.9. The summed E-state index contributed by atoms with van der Waals surface area (Å²) in [5.74, 6) is -0.213. The van der Waals surface area contributed by atoms with E-state index in [-0.39, 0.29) is 23.5 Å². The molecule has 0 aromatic heterocycles. The summed E-state index contributed by atoms with van der Waals surface area (Å²) in [5, 5.41) is -1.13. The molecular weight excluding hydrogens is 251 g/mol. The SMILES string of the molecule is CCC(C1CCC[C@@H](C)C1=O)C(C)(C)P(=O)(O)O. The molecule has 3 atom stereocenters. The average Bonchev–Trinajstić information content (AvgIpc) is 2.23. The molecule has 1 aliphatic rings. The van der Waals surface area contributed by atoms with Gasteiger partial charge >= 0.3 is 7.60 Å². The van der Waals surface area contributed by atoms with E-state index in [2.05, 4.69) is 0 Å². The molecule has 18 heavy (non-hydrogen) atoms. The molecule has 0 heterocycles. The second-order valence-electron chi connectivity index (χ2n) is 6.05. The lowest BCUT2D eigenvalue weighted by Crippen LogP contribution is -2.42. The molecule has 0 aliphatic heterocycles. The van der Waals surface area contributed by atoms with Crippen molar-refractivity contribution in [3.05, 3.63) is 0 Å². The van der Waals surface area contributed by atoms with Crippen molar-refractivity contribution >= 4 is 13.4 Å². The Morgan fingerprint density at radius 1 is 1.39 bits per heavy atom. The third-order valence-corrected chi connectivity index (χ3v) is 6.42. The van der Waals surface area contributed by atoms with Crippen molar-refractivity contribution in [2.45, 2.75) is 58.5 Å². The third kappa shape index (κ3) is 2.87. The number of hydrogen-bond donors (Lipinski definition) is 2. The summed E-state index contributed by atoms with van der Waals surface area (Å²) >= 11 is 0. The zero-order valence-electron chi connectivity index (χ0n) is 11.7. The van der Waals surface area contributed by atoms with Gasteiger partial charge in [0.05, 0.1) is 5.16 Å². The van der Waals surface area contributed by atoms with Gasteiger partial charge in [-0.25, -0.2) is 0 Å². The Morgan fingerprint density at radius 2 is 1.94 bits per heavy atom. The van der Waals surface area contributed by atoms with Crippen LogP contribution in [0.3, 0.4) is 0 Å². The predicted octanol–water partition coefficient (Wildman–Crippen LogP) is 2.97. The van der Waals surface area contributed by atoms with Crippen molar-refractivity contribution in [3.63, 3.8) is 0 Å². The van der Waals surface area contributed by atoms with Crippen molar-refractivity contribution in [1.29, 1.82) is 0 Å². The quantitative estimate of drug-likeness (QED) is 0.774. The van der Waals surface area contributed by atoms with Crippen molar-refractivity contribution in [2.24, 2.45) is 17.8 Å². The Morgan fingerprint density at radius 3 is 2.39 bits per heavy atom. The average molecular weight is 276 g/mol. The first-order valence-electron chi connectivity index (χ1n) is 6.72. The van der Waals surface area contributed by atoms with Crippen LogP contribution in [0, 0.1) is 17.8 Å². The van der Waals surface area contributed by atoms with Gasteiger partial charge in [0.2, 0.25) is 0 Å². The van der Waals surface area contributed by atoms with Crippen LogP contribution >= 0.6 is 7.60 Å². The van der Waals surface area contributed by atoms with Gasteiger partial charge in [-0.3, -0.25) is 9.36 Å². The van der Waals surface area contributed by atoms with E-state index in [4.69, 9.17) is 0 Å². The number of carbonyl (C=O) groups excluding carboxylic acids is 1. The largest absolute Gasteiger partial charge is 0.331 e. The summed E-state index contributed by atoms with van der Waals surface area (Å²) < 4.78 is 11.7. The van der Waals surface area contributed by atoms with Crippen molar-refractivity contribution < 1.29 is 19.1 Å². The van der Waals surface area contributed by atoms with E-state index in [0.29, 0.717) is 6.42 Å². The van der Waals surface area contributed by atoms with Gasteiger partial charge in [-0.1, -0.05) is 26.7 Å². The topological polar surface area (TPSA) is 74.6 Å². The summed E-state index contributed by atoms with van der Waals surface area (Å²) in [4.78, 5) is 31.3. The normalized spacial score (nSPS) is 28.2. The van der Waals surface area contributed by atoms with Gasteiger partial charge in [0.1, 0.15) is 5.78 Å². The Labute approximate surface area is 109 Å². The second-order valence-corrected chi connectivity index (χ2v) is 8.29. The first-order valence-corrected chi connectivity index (χ1v) is 8.33. The zero-order chi connectivity index (χ0) is 14.1. The lowest BCUT2D eigenvalue weighted by Gasteiger charge is -2.41. The number of carbonyl (C=O) groups is 1. The van der Waals surface area contributed by atoms with E-state index in [1.54, 1.807) is 13.8 Å². The number of rotatable bonds is 4. The lowest BCUT2D eigenvalue weighted by molar-refractivity contribution is -0.131. The summed E-state index contributed by atoms with van der Waals surface area (Å²) in [6, 6.07) is 0. The van der Waals surface area contributed by atoms with Crippen LogP contribution in [0.4, 0.5) is 0 Å². The molecule has 2 unspecified atom stereocenters. The summed E-state index contributed by atoms with van der Waals surface area (Å²) in [5.41, 5.74) is 0. The maximum absolute atomic E-state index is 12.2. The minimum atomic E-state index is -4.21. The molecular formula is C13H25O4P. The Bertz CT molecular complexity index is 358. The molecule has 5 heteroatoms. The third-order valence-electron chi connectivity index (χ3n) is 4.59. The molecule has 1 saturated carbocycles. The van der Waals surface area contributed by atoms with E-state index in [1.807, 2.05) is 13.8 Å². The van der Waals surface area contributed by atoms with Crippen molar-refractivity contribution in [3.8, 4) is 0 Å². The molecule has 1 aliphatic carbocycles. The maximum Gasteiger partial charge on any atom is 0.331 e. The van der Waals surface area contributed by atoms with Gasteiger partial charge in [-0.05, 0) is 32.6 Å². The Hall–Kier alpha value is -0.180. The smallest absolute Gasteiger partial charge is 0.324 e. The van der Waals surface area contributed by atoms with Crippen LogP contribution in [0.25, 0.3) is 0 Å². The fourth-order valence-corrected chi connectivity index (χ4v) is 3.98. The zero-order valence-corrected chi connectivity index (χ0v) is 12.6. The molecule has 0 aromatic carbocycles. The molecule has 0 amide bonds. The number of Topliss-reactive ketones (excluding diaryl/α,β-unsaturated/α-hetero) is 1. The predicted molar refractivity (Wildman–Crippen MR) is 71.4 cm³/mol. The molecule has 106 valence electrons. The minimum absolute atomic E-state index is 0.0328. The number of ketones is 1. The van der Waals surface area contributed by atoms with Crippen LogP contribution in [0.1, 0.15) is 53.4 Å². The Kier molecular flexibility index (Phi) is 4.80. The monoisotopic (exact) mass is 276 g/mol. The molecule has 4 nitrogen and oxygen atoms in total. The van der Waals surface area contributed by atoms with E-state index < -0.39 is 12.8 Å². The van der Waals surface area contributed by atoms with Gasteiger partial charge in [0.25, 0.3) is 0 Å². The van der Waals surface area contributed by atoms with E-state index in [1.165, 1.54) is 0 Å². The fourth-order valence-electron chi connectivity index (χ4n) is 3.19. The molecule has 0 aromatic rings. The van der Waals surface area contributed by atoms with Crippen molar-refractivity contribution in [1.82, 2.24) is 0 Å². The van der Waals surface area contributed by atoms with Crippen LogP contribution in [-0.4, -0.2) is 20.7 Å². The van der Waals surface area contributed by atoms with E-state index >= 15 is 0 Å². The van der Waals surface area contributed by atoms with Gasteiger partial charge < -0.3 is 9.79 Å². The molecule has 0 radical (unpaired) electrons. The highest BCUT2D eigenvalue weighted by Crippen LogP contribution is 2.57. The highest BCUT2D eigenvalue weighted by atomic mass is 31.2. The summed E-state index contributed by atoms with van der Waals surface area (Å²) in [6.45, 7) is 7.02. The highest BCUT2D eigenvalue weighted by molar-refractivity contribution is 7.53. The van der Waals surface area contributed by atoms with Gasteiger partial charge in [0.15, 0.2) is 0 Å². The molecule has 0 saturated heterocycles. The first-order chi connectivity index (χ1) is 8.13. The van der Waals surface area contributed by atoms with Crippen molar-refractivity contribution in [2.75, 3.05) is 0 Å². The minimum Gasteiger partial charge on any atom is -0.324 e. The highest BCUT2D eigenvalue weighted by Gasteiger charge is 2.49. The van der Waals surface area contributed by atoms with Crippen LogP contribution in [-0.2, 0) is 9.36 Å². The fraction of sp³-hybridized carbons (Fsp3) is 0.923. The van der Waals surface area contributed by atoms with Gasteiger partial charge in [-0.2, -0.15) is 0 Å². The van der Waals surface area contributed by atoms with Crippen LogP contribution in [0.15, 0.2) is 0 Å². The molecule has 0 bridgehead atoms. The Balaban J connectivity index is 3.03. The standard InChI is InChI=1S/C13H25O4P/c1-5-11(13(3,4)18(15,16)17)10-8-6-7-9(2)12(10)14/h9-11H,5-8H2,1-4H3,(H2,15,16,17)/t9-,10?,11?/m1/s1. The lowest BCUT2D eigenvalue weighted by atomic mass is 9.70. The van der Waals surface area contributed by atoms with Gasteiger partial charge in [0, 0.05) is 11.8 Å². The number of hydrogen-bond acceptors (Lipinski definition) is 2. The van der Waals surface area contributed by atoms with Gasteiger partial charge in [-0.15, -0.1) is 0 Å². The van der Waals surface area contributed by atoms with E-state index in [9.17, 15) is 19.1 Å². The molecule has 0 spiro atoms. The molecule has 1 fully saturated rings. The maximum atomic E-state index is 12.2. The van der Waals surface area contributed by atoms with Crippen LogP contribution in [0.5, 0.6) is 0 Å². The van der Waals surface area contributed by atoms with Crippen LogP contribution in [0.2, 0.25) is 0 Å². The summed E-state index contributed by atoms with van der Waals surface area (Å²) in [6.07, 6.45) is 3.28. The van der Waals surface area contributed by atoms with Crippen LogP contribution < -0.4 is 0 Å². The molecule has 2 N–H and O–H groups in total. The molecule has 1 rings (SSSR count). The second kappa shape index (κ2) is 5.44.